The lowest BCUT2D eigenvalue weighted by Gasteiger charge is -2.06. The summed E-state index contributed by atoms with van der Waals surface area (Å²) in [5, 5.41) is 0. The second-order valence-electron chi connectivity index (χ2n) is 5.99. The Labute approximate surface area is 132 Å². The molecule has 0 aliphatic heterocycles. The lowest BCUT2D eigenvalue weighted by atomic mass is 9.98. The number of hydrogen-bond acceptors (Lipinski definition) is 1. The SMILES string of the molecule is CCCCCC=CCCC(C=O)CCC=CCCCCC. The fourth-order valence-corrected chi connectivity index (χ4v) is 2.40. The lowest BCUT2D eigenvalue weighted by molar-refractivity contribution is -0.111. The summed E-state index contributed by atoms with van der Waals surface area (Å²) in [4.78, 5) is 11.1. The predicted octanol–water partition coefficient (Wildman–Crippen LogP) is 6.63. The van der Waals surface area contributed by atoms with Crippen LogP contribution in [0.15, 0.2) is 24.3 Å². The van der Waals surface area contributed by atoms with Gasteiger partial charge in [0.05, 0.1) is 0 Å². The Hall–Kier alpha value is -0.850. The topological polar surface area (TPSA) is 17.1 Å². The normalized spacial score (nSPS) is 13.2. The third-order valence-corrected chi connectivity index (χ3v) is 3.88. The van der Waals surface area contributed by atoms with Crippen molar-refractivity contribution in [3.05, 3.63) is 24.3 Å². The monoisotopic (exact) mass is 292 g/mol. The first-order valence-corrected chi connectivity index (χ1v) is 9.10. The number of unbranched alkanes of at least 4 members (excludes halogenated alkanes) is 6. The zero-order valence-electron chi connectivity index (χ0n) is 14.4. The van der Waals surface area contributed by atoms with Gasteiger partial charge in [-0.2, -0.15) is 0 Å². The molecule has 21 heavy (non-hydrogen) atoms. The minimum atomic E-state index is 0.241. The second-order valence-corrected chi connectivity index (χ2v) is 5.99. The number of rotatable bonds is 15. The van der Waals surface area contributed by atoms with Gasteiger partial charge in [-0.15, -0.1) is 0 Å². The number of carbonyl (C=O) groups excluding carboxylic acids is 1. The minimum Gasteiger partial charge on any atom is -0.303 e. The van der Waals surface area contributed by atoms with Crippen LogP contribution in [0.2, 0.25) is 0 Å². The van der Waals surface area contributed by atoms with Crippen LogP contribution in [0.4, 0.5) is 0 Å². The van der Waals surface area contributed by atoms with Gasteiger partial charge in [0.15, 0.2) is 0 Å². The molecule has 0 aromatic rings. The maximum Gasteiger partial charge on any atom is 0.123 e. The highest BCUT2D eigenvalue weighted by atomic mass is 16.1. The summed E-state index contributed by atoms with van der Waals surface area (Å²) in [6, 6.07) is 0. The summed E-state index contributed by atoms with van der Waals surface area (Å²) in [6.45, 7) is 4.47. The largest absolute Gasteiger partial charge is 0.303 e. The fourth-order valence-electron chi connectivity index (χ4n) is 2.40. The van der Waals surface area contributed by atoms with Gasteiger partial charge < -0.3 is 4.79 Å². The van der Waals surface area contributed by atoms with E-state index < -0.39 is 0 Å². The molecule has 0 bridgehead atoms. The molecule has 0 saturated carbocycles. The molecule has 0 N–H and O–H groups in total. The third kappa shape index (κ3) is 15.4. The number of allylic oxidation sites excluding steroid dienone is 4. The van der Waals surface area contributed by atoms with Crippen molar-refractivity contribution in [2.45, 2.75) is 90.9 Å². The van der Waals surface area contributed by atoms with Crippen LogP contribution in [0.1, 0.15) is 90.9 Å². The van der Waals surface area contributed by atoms with E-state index in [4.69, 9.17) is 0 Å². The highest BCUT2D eigenvalue weighted by Crippen LogP contribution is 2.13. The summed E-state index contributed by atoms with van der Waals surface area (Å²) in [5.41, 5.74) is 0. The molecular weight excluding hydrogens is 256 g/mol. The van der Waals surface area contributed by atoms with Crippen molar-refractivity contribution in [3.63, 3.8) is 0 Å². The molecule has 1 nitrogen and oxygen atoms in total. The van der Waals surface area contributed by atoms with Crippen molar-refractivity contribution < 1.29 is 4.79 Å². The van der Waals surface area contributed by atoms with E-state index in [0.717, 1.165) is 32.0 Å². The Balaban J connectivity index is 3.55. The Morgan fingerprint density at radius 2 is 1.10 bits per heavy atom. The molecule has 0 radical (unpaired) electrons. The van der Waals surface area contributed by atoms with Crippen molar-refractivity contribution in [2.24, 2.45) is 5.92 Å². The fraction of sp³-hybridized carbons (Fsp3) is 0.750. The van der Waals surface area contributed by atoms with Gasteiger partial charge in [0.25, 0.3) is 0 Å². The molecular formula is C20H36O. The van der Waals surface area contributed by atoms with E-state index in [1.165, 1.54) is 51.4 Å². The van der Waals surface area contributed by atoms with Gasteiger partial charge in [0, 0.05) is 5.92 Å². The summed E-state index contributed by atoms with van der Waals surface area (Å²) < 4.78 is 0. The molecule has 1 heteroatoms. The van der Waals surface area contributed by atoms with Gasteiger partial charge in [0.2, 0.25) is 0 Å². The van der Waals surface area contributed by atoms with E-state index in [1.54, 1.807) is 0 Å². The molecule has 0 amide bonds. The van der Waals surface area contributed by atoms with Crippen molar-refractivity contribution in [1.29, 1.82) is 0 Å². The summed E-state index contributed by atoms with van der Waals surface area (Å²) in [5.74, 6) is 0.241. The third-order valence-electron chi connectivity index (χ3n) is 3.88. The molecule has 0 aliphatic carbocycles. The van der Waals surface area contributed by atoms with Crippen molar-refractivity contribution in [2.75, 3.05) is 0 Å². The zero-order valence-corrected chi connectivity index (χ0v) is 14.4. The van der Waals surface area contributed by atoms with Crippen LogP contribution in [0.5, 0.6) is 0 Å². The molecule has 0 rings (SSSR count). The molecule has 122 valence electrons. The van der Waals surface area contributed by atoms with Crippen LogP contribution in [-0.2, 0) is 4.79 Å². The standard InChI is InChI=1S/C20H36O/c1-3-5-7-9-11-13-15-17-20(19-21)18-16-14-12-10-8-6-4-2/h11-14,19-20H,3-10,15-18H2,1-2H3. The molecule has 0 aromatic heterocycles. The number of carbonyl (C=O) groups is 1. The predicted molar refractivity (Wildman–Crippen MR) is 94.6 cm³/mol. The summed E-state index contributed by atoms with van der Waals surface area (Å²) in [7, 11) is 0. The van der Waals surface area contributed by atoms with E-state index in [0.29, 0.717) is 0 Å². The van der Waals surface area contributed by atoms with E-state index in [1.807, 2.05) is 0 Å². The van der Waals surface area contributed by atoms with Crippen molar-refractivity contribution in [3.8, 4) is 0 Å². The first-order chi connectivity index (χ1) is 10.3. The molecule has 0 heterocycles. The average Bonchev–Trinajstić information content (AvgIpc) is 2.51. The molecule has 0 atom stereocenters. The highest BCUT2D eigenvalue weighted by Gasteiger charge is 2.04. The second kappa shape index (κ2) is 17.2. The van der Waals surface area contributed by atoms with Crippen molar-refractivity contribution in [1.82, 2.24) is 0 Å². The van der Waals surface area contributed by atoms with Crippen LogP contribution in [0.3, 0.4) is 0 Å². The molecule has 0 unspecified atom stereocenters. The van der Waals surface area contributed by atoms with E-state index in [9.17, 15) is 4.79 Å². The van der Waals surface area contributed by atoms with Crippen LogP contribution in [-0.4, -0.2) is 6.29 Å². The van der Waals surface area contributed by atoms with E-state index in [2.05, 4.69) is 38.2 Å². The first kappa shape index (κ1) is 20.1. The molecule has 0 saturated heterocycles. The van der Waals surface area contributed by atoms with Gasteiger partial charge in [0.1, 0.15) is 6.29 Å². The maximum absolute atomic E-state index is 11.1. The Morgan fingerprint density at radius 1 is 0.667 bits per heavy atom. The van der Waals surface area contributed by atoms with Gasteiger partial charge >= 0.3 is 0 Å². The smallest absolute Gasteiger partial charge is 0.123 e. The van der Waals surface area contributed by atoms with Crippen LogP contribution in [0.25, 0.3) is 0 Å². The van der Waals surface area contributed by atoms with Gasteiger partial charge in [-0.3, -0.25) is 0 Å². The average molecular weight is 293 g/mol. The number of hydrogen-bond donors (Lipinski definition) is 0. The van der Waals surface area contributed by atoms with E-state index >= 15 is 0 Å². The quantitative estimate of drug-likeness (QED) is 0.188. The maximum atomic E-state index is 11.1. The molecule has 0 fully saturated rings. The van der Waals surface area contributed by atoms with Crippen LogP contribution in [0, 0.1) is 5.92 Å². The Morgan fingerprint density at radius 3 is 1.48 bits per heavy atom. The van der Waals surface area contributed by atoms with Gasteiger partial charge in [-0.05, 0) is 51.4 Å². The lowest BCUT2D eigenvalue weighted by Crippen LogP contribution is -2.00. The molecule has 0 aromatic carbocycles. The van der Waals surface area contributed by atoms with Crippen LogP contribution >= 0.6 is 0 Å². The minimum absolute atomic E-state index is 0.241. The zero-order chi connectivity index (χ0) is 15.6. The molecule has 0 spiro atoms. The van der Waals surface area contributed by atoms with Crippen molar-refractivity contribution >= 4 is 6.29 Å². The van der Waals surface area contributed by atoms with Gasteiger partial charge in [-0.1, -0.05) is 63.8 Å². The highest BCUT2D eigenvalue weighted by molar-refractivity contribution is 5.53. The van der Waals surface area contributed by atoms with Crippen LogP contribution < -0.4 is 0 Å². The molecule has 0 aliphatic rings. The summed E-state index contributed by atoms with van der Waals surface area (Å²) >= 11 is 0. The van der Waals surface area contributed by atoms with Gasteiger partial charge in [-0.25, -0.2) is 0 Å². The summed E-state index contributed by atoms with van der Waals surface area (Å²) in [6.07, 6.45) is 24.6. The van der Waals surface area contributed by atoms with E-state index in [-0.39, 0.29) is 5.92 Å². The Kier molecular flexibility index (Phi) is 16.5. The first-order valence-electron chi connectivity index (χ1n) is 9.10. The Bertz CT molecular complexity index is 241. The number of aldehydes is 1.